The molecule has 0 amide bonds. The minimum absolute atomic E-state index is 0.0782. The molecule has 0 atom stereocenters. The van der Waals surface area contributed by atoms with E-state index in [1.807, 2.05) is 0 Å². The lowest BCUT2D eigenvalue weighted by Crippen LogP contribution is -2.14. The summed E-state index contributed by atoms with van der Waals surface area (Å²) in [5.41, 5.74) is 0.479. The Morgan fingerprint density at radius 2 is 2.06 bits per heavy atom. The van der Waals surface area contributed by atoms with E-state index in [2.05, 4.69) is 9.97 Å². The predicted octanol–water partition coefficient (Wildman–Crippen LogP) is 0.755. The van der Waals surface area contributed by atoms with Gasteiger partial charge in [0.25, 0.3) is 0 Å². The van der Waals surface area contributed by atoms with Crippen LogP contribution in [0.2, 0.25) is 0 Å². The third-order valence-electron chi connectivity index (χ3n) is 2.11. The summed E-state index contributed by atoms with van der Waals surface area (Å²) >= 11 is 0. The molecule has 0 radical (unpaired) electrons. The van der Waals surface area contributed by atoms with E-state index in [1.54, 1.807) is 13.8 Å². The van der Waals surface area contributed by atoms with Gasteiger partial charge in [-0.15, -0.1) is 0 Å². The molecule has 1 heterocycles. The highest BCUT2D eigenvalue weighted by atomic mass is 32.2. The Labute approximate surface area is 100.0 Å². The summed E-state index contributed by atoms with van der Waals surface area (Å²) in [6.07, 6.45) is 1.18. The van der Waals surface area contributed by atoms with Crippen molar-refractivity contribution >= 4 is 15.8 Å². The van der Waals surface area contributed by atoms with Crippen LogP contribution in [0.5, 0.6) is 0 Å². The number of rotatable bonds is 4. The van der Waals surface area contributed by atoms with Crippen LogP contribution in [-0.2, 0) is 14.6 Å². The minimum Gasteiger partial charge on any atom is -0.462 e. The van der Waals surface area contributed by atoms with Gasteiger partial charge in [-0.3, -0.25) is 0 Å². The van der Waals surface area contributed by atoms with Crippen LogP contribution in [-0.4, -0.2) is 36.7 Å². The molecule has 94 valence electrons. The second-order valence-electron chi connectivity index (χ2n) is 3.28. The lowest BCUT2D eigenvalue weighted by molar-refractivity contribution is 0.0524. The SMILES string of the molecule is CCOC(=O)c1cnc(S(=O)(=O)CC)nc1C. The van der Waals surface area contributed by atoms with E-state index >= 15 is 0 Å². The largest absolute Gasteiger partial charge is 0.462 e. The molecule has 0 spiro atoms. The van der Waals surface area contributed by atoms with Gasteiger partial charge in [0, 0.05) is 6.20 Å². The minimum atomic E-state index is -3.45. The van der Waals surface area contributed by atoms with Crippen molar-refractivity contribution in [2.75, 3.05) is 12.4 Å². The van der Waals surface area contributed by atoms with Gasteiger partial charge in [-0.2, -0.15) is 0 Å². The number of carbonyl (C=O) groups is 1. The van der Waals surface area contributed by atoms with Crippen molar-refractivity contribution in [2.45, 2.75) is 25.9 Å². The molecular weight excluding hydrogens is 244 g/mol. The van der Waals surface area contributed by atoms with Crippen molar-refractivity contribution in [3.63, 3.8) is 0 Å². The van der Waals surface area contributed by atoms with Crippen LogP contribution in [0.15, 0.2) is 11.4 Å². The molecule has 1 aromatic rings. The maximum Gasteiger partial charge on any atom is 0.341 e. The molecule has 0 saturated heterocycles. The van der Waals surface area contributed by atoms with Gasteiger partial charge in [0.05, 0.1) is 23.6 Å². The van der Waals surface area contributed by atoms with Crippen molar-refractivity contribution < 1.29 is 17.9 Å². The normalized spacial score (nSPS) is 11.2. The van der Waals surface area contributed by atoms with Crippen molar-refractivity contribution in [1.29, 1.82) is 0 Å². The van der Waals surface area contributed by atoms with E-state index in [9.17, 15) is 13.2 Å². The van der Waals surface area contributed by atoms with Crippen LogP contribution >= 0.6 is 0 Å². The third-order valence-corrected chi connectivity index (χ3v) is 3.62. The Morgan fingerprint density at radius 3 is 2.53 bits per heavy atom. The summed E-state index contributed by atoms with van der Waals surface area (Å²) in [5, 5.41) is -0.259. The first-order valence-corrected chi connectivity index (χ1v) is 6.81. The van der Waals surface area contributed by atoms with Gasteiger partial charge in [-0.25, -0.2) is 23.2 Å². The maximum atomic E-state index is 11.5. The number of hydrogen-bond acceptors (Lipinski definition) is 6. The average molecular weight is 258 g/mol. The fraction of sp³-hybridized carbons (Fsp3) is 0.500. The first kappa shape index (κ1) is 13.6. The number of carbonyl (C=O) groups excluding carboxylic acids is 1. The smallest absolute Gasteiger partial charge is 0.341 e. The first-order chi connectivity index (χ1) is 7.92. The molecule has 7 heteroatoms. The summed E-state index contributed by atoms with van der Waals surface area (Å²) < 4.78 is 27.8. The molecule has 0 N–H and O–H groups in total. The molecule has 0 aromatic carbocycles. The number of esters is 1. The zero-order valence-corrected chi connectivity index (χ0v) is 10.7. The van der Waals surface area contributed by atoms with Crippen LogP contribution in [0.3, 0.4) is 0 Å². The van der Waals surface area contributed by atoms with Crippen LogP contribution in [0.1, 0.15) is 29.9 Å². The Kier molecular flexibility index (Phi) is 4.17. The van der Waals surface area contributed by atoms with Crippen LogP contribution < -0.4 is 0 Å². The van der Waals surface area contributed by atoms with Gasteiger partial charge in [0.2, 0.25) is 15.0 Å². The van der Waals surface area contributed by atoms with Gasteiger partial charge in [0.1, 0.15) is 0 Å². The highest BCUT2D eigenvalue weighted by molar-refractivity contribution is 7.91. The molecule has 0 unspecified atom stereocenters. The zero-order chi connectivity index (χ0) is 13.1. The predicted molar refractivity (Wildman–Crippen MR) is 60.5 cm³/mol. The summed E-state index contributed by atoms with van der Waals surface area (Å²) in [6.45, 7) is 4.98. The molecule has 0 aliphatic carbocycles. The highest BCUT2D eigenvalue weighted by Crippen LogP contribution is 2.10. The maximum absolute atomic E-state index is 11.5. The number of hydrogen-bond donors (Lipinski definition) is 0. The molecule has 6 nitrogen and oxygen atoms in total. The number of ether oxygens (including phenoxy) is 1. The van der Waals surface area contributed by atoms with E-state index in [1.165, 1.54) is 13.1 Å². The number of sulfone groups is 1. The molecule has 0 saturated carbocycles. The summed E-state index contributed by atoms with van der Waals surface area (Å²) in [6, 6.07) is 0. The zero-order valence-electron chi connectivity index (χ0n) is 9.93. The van der Waals surface area contributed by atoms with E-state index < -0.39 is 15.8 Å². The molecule has 0 aliphatic heterocycles. The Balaban J connectivity index is 3.15. The topological polar surface area (TPSA) is 86.2 Å². The second kappa shape index (κ2) is 5.22. The monoisotopic (exact) mass is 258 g/mol. The third kappa shape index (κ3) is 3.00. The number of aryl methyl sites for hydroxylation is 1. The summed E-state index contributed by atoms with van der Waals surface area (Å²) in [7, 11) is -3.45. The van der Waals surface area contributed by atoms with E-state index in [0.29, 0.717) is 5.69 Å². The summed E-state index contributed by atoms with van der Waals surface area (Å²) in [5.74, 6) is -0.629. The Hall–Kier alpha value is -1.50. The standard InChI is InChI=1S/C10H14N2O4S/c1-4-16-9(13)8-6-11-10(12-7(8)3)17(14,15)5-2/h6H,4-5H2,1-3H3. The van der Waals surface area contributed by atoms with Gasteiger partial charge >= 0.3 is 5.97 Å². The van der Waals surface area contributed by atoms with E-state index in [-0.39, 0.29) is 23.1 Å². The molecule has 17 heavy (non-hydrogen) atoms. The fourth-order valence-corrected chi connectivity index (χ4v) is 1.88. The molecule has 0 bridgehead atoms. The lowest BCUT2D eigenvalue weighted by Gasteiger charge is -2.05. The average Bonchev–Trinajstić information content (AvgIpc) is 2.29. The van der Waals surface area contributed by atoms with E-state index in [4.69, 9.17) is 4.74 Å². The molecule has 1 aromatic heterocycles. The van der Waals surface area contributed by atoms with Crippen molar-refractivity contribution in [1.82, 2.24) is 9.97 Å². The highest BCUT2D eigenvalue weighted by Gasteiger charge is 2.19. The van der Waals surface area contributed by atoms with Gasteiger partial charge < -0.3 is 4.74 Å². The van der Waals surface area contributed by atoms with Crippen LogP contribution in [0, 0.1) is 6.92 Å². The Bertz CT molecular complexity index is 525. The molecule has 0 aliphatic rings. The number of aromatic nitrogens is 2. The van der Waals surface area contributed by atoms with Gasteiger partial charge in [-0.1, -0.05) is 6.92 Å². The van der Waals surface area contributed by atoms with Gasteiger partial charge in [0.15, 0.2) is 0 Å². The first-order valence-electron chi connectivity index (χ1n) is 5.15. The fourth-order valence-electron chi connectivity index (χ4n) is 1.13. The van der Waals surface area contributed by atoms with Crippen molar-refractivity contribution in [3.05, 3.63) is 17.5 Å². The Morgan fingerprint density at radius 1 is 1.41 bits per heavy atom. The molecule has 1 rings (SSSR count). The quantitative estimate of drug-likeness (QED) is 0.585. The van der Waals surface area contributed by atoms with Crippen molar-refractivity contribution in [2.24, 2.45) is 0 Å². The summed E-state index contributed by atoms with van der Waals surface area (Å²) in [4.78, 5) is 18.9. The van der Waals surface area contributed by atoms with E-state index in [0.717, 1.165) is 0 Å². The van der Waals surface area contributed by atoms with Gasteiger partial charge in [-0.05, 0) is 13.8 Å². The number of nitrogens with zero attached hydrogens (tertiary/aromatic N) is 2. The van der Waals surface area contributed by atoms with Crippen LogP contribution in [0.4, 0.5) is 0 Å². The second-order valence-corrected chi connectivity index (χ2v) is 5.45. The molecule has 0 fully saturated rings. The lowest BCUT2D eigenvalue weighted by atomic mass is 10.2. The molecular formula is C10H14N2O4S. The van der Waals surface area contributed by atoms with Crippen molar-refractivity contribution in [3.8, 4) is 0 Å². The van der Waals surface area contributed by atoms with Crippen LogP contribution in [0.25, 0.3) is 0 Å².